The zero-order chi connectivity index (χ0) is 26.8. The molecule has 0 spiro atoms. The van der Waals surface area contributed by atoms with E-state index in [1.165, 1.54) is 24.0 Å². The molecule has 0 saturated heterocycles. The second-order valence-corrected chi connectivity index (χ2v) is 10.4. The summed E-state index contributed by atoms with van der Waals surface area (Å²) in [5.41, 5.74) is 3.53. The highest BCUT2D eigenvalue weighted by molar-refractivity contribution is 7.07. The number of esters is 1. The van der Waals surface area contributed by atoms with Crippen molar-refractivity contribution in [2.75, 3.05) is 7.11 Å². The third-order valence-electron chi connectivity index (χ3n) is 6.48. The van der Waals surface area contributed by atoms with Crippen molar-refractivity contribution in [2.24, 2.45) is 4.99 Å². The number of fused-ring (bicyclic) bond motifs is 1. The summed E-state index contributed by atoms with van der Waals surface area (Å²) in [5.74, 6) is 1.28. The van der Waals surface area contributed by atoms with E-state index in [4.69, 9.17) is 9.47 Å². The first-order valence-electron chi connectivity index (χ1n) is 12.4. The van der Waals surface area contributed by atoms with Crippen molar-refractivity contribution in [3.8, 4) is 11.5 Å². The summed E-state index contributed by atoms with van der Waals surface area (Å²) in [6.45, 7) is 6.03. The molecule has 2 heterocycles. The van der Waals surface area contributed by atoms with Crippen molar-refractivity contribution in [1.82, 2.24) is 4.57 Å². The van der Waals surface area contributed by atoms with E-state index in [9.17, 15) is 9.59 Å². The lowest BCUT2D eigenvalue weighted by Crippen LogP contribution is -2.39. The van der Waals surface area contributed by atoms with E-state index in [0.717, 1.165) is 16.9 Å². The van der Waals surface area contributed by atoms with Crippen LogP contribution in [0.25, 0.3) is 6.08 Å². The van der Waals surface area contributed by atoms with Gasteiger partial charge in [-0.2, -0.15) is 0 Å². The van der Waals surface area contributed by atoms with Gasteiger partial charge in [0.2, 0.25) is 0 Å². The summed E-state index contributed by atoms with van der Waals surface area (Å²) in [5, 5.41) is 0. The first-order chi connectivity index (χ1) is 18.4. The van der Waals surface area contributed by atoms with Gasteiger partial charge in [-0.3, -0.25) is 9.36 Å². The molecule has 0 fully saturated rings. The molecule has 7 heteroatoms. The third-order valence-corrected chi connectivity index (χ3v) is 7.46. The summed E-state index contributed by atoms with van der Waals surface area (Å²) in [7, 11) is 1.34. The number of allylic oxidation sites excluding steroid dienone is 1. The second kappa shape index (κ2) is 10.6. The minimum absolute atomic E-state index is 0.213. The van der Waals surface area contributed by atoms with E-state index < -0.39 is 12.0 Å². The Bertz CT molecular complexity index is 1700. The summed E-state index contributed by atoms with van der Waals surface area (Å²) in [4.78, 5) is 31.8. The van der Waals surface area contributed by atoms with Crippen LogP contribution in [0.2, 0.25) is 0 Å². The van der Waals surface area contributed by atoms with Crippen LogP contribution in [-0.4, -0.2) is 17.6 Å². The first kappa shape index (κ1) is 25.4. The van der Waals surface area contributed by atoms with Crippen LogP contribution in [0.15, 0.2) is 99.9 Å². The van der Waals surface area contributed by atoms with E-state index in [1.807, 2.05) is 84.9 Å². The van der Waals surface area contributed by atoms with Gasteiger partial charge in [0, 0.05) is 0 Å². The number of nitrogens with zero attached hydrogens (tertiary/aromatic N) is 2. The van der Waals surface area contributed by atoms with E-state index in [0.29, 0.717) is 32.3 Å². The summed E-state index contributed by atoms with van der Waals surface area (Å²) >= 11 is 1.30. The molecule has 192 valence electrons. The predicted octanol–water partition coefficient (Wildman–Crippen LogP) is 5.32. The normalized spacial score (nSPS) is 15.3. The molecule has 1 atom stereocenters. The SMILES string of the molecule is COC(=O)C1=C(C)N=c2s/c(=C/c3cccc(Oc4ccccc4)c3)c(=O)n2[C@H]1c1ccc(C(C)C)cc1. The van der Waals surface area contributed by atoms with Crippen LogP contribution in [0.1, 0.15) is 49.4 Å². The monoisotopic (exact) mass is 524 g/mol. The maximum atomic E-state index is 13.8. The van der Waals surface area contributed by atoms with Gasteiger partial charge in [-0.15, -0.1) is 0 Å². The lowest BCUT2D eigenvalue weighted by molar-refractivity contribution is -0.136. The first-order valence-corrected chi connectivity index (χ1v) is 13.2. The molecule has 0 N–H and O–H groups in total. The molecule has 5 rings (SSSR count). The Morgan fingerprint density at radius 1 is 1.00 bits per heavy atom. The standard InChI is InChI=1S/C31H28N2O4S/c1-19(2)22-13-15-23(16-14-22)28-27(30(35)36-4)20(3)32-31-33(28)29(34)26(38-31)18-21-9-8-12-25(17-21)37-24-10-6-5-7-11-24/h5-19,28H,1-4H3/b26-18+/t28-/m0/s1. The van der Waals surface area contributed by atoms with Crippen LogP contribution in [0.3, 0.4) is 0 Å². The number of thiazole rings is 1. The maximum absolute atomic E-state index is 13.8. The number of ether oxygens (including phenoxy) is 2. The van der Waals surface area contributed by atoms with Crippen molar-refractivity contribution in [2.45, 2.75) is 32.7 Å². The molecule has 4 aromatic rings. The molecule has 0 radical (unpaired) electrons. The van der Waals surface area contributed by atoms with Gasteiger partial charge in [-0.25, -0.2) is 9.79 Å². The number of benzene rings is 3. The van der Waals surface area contributed by atoms with Gasteiger partial charge in [0.25, 0.3) is 5.56 Å². The Balaban J connectivity index is 1.61. The maximum Gasteiger partial charge on any atom is 0.338 e. The summed E-state index contributed by atoms with van der Waals surface area (Å²) in [6.07, 6.45) is 1.83. The highest BCUT2D eigenvalue weighted by Gasteiger charge is 2.33. The van der Waals surface area contributed by atoms with Crippen LogP contribution in [0.5, 0.6) is 11.5 Å². The molecule has 3 aromatic carbocycles. The van der Waals surface area contributed by atoms with Crippen molar-refractivity contribution >= 4 is 23.4 Å². The predicted molar refractivity (Wildman–Crippen MR) is 149 cm³/mol. The molecule has 0 unspecified atom stereocenters. The molecule has 0 aliphatic carbocycles. The Morgan fingerprint density at radius 3 is 2.39 bits per heavy atom. The largest absolute Gasteiger partial charge is 0.466 e. The van der Waals surface area contributed by atoms with Crippen molar-refractivity contribution in [3.63, 3.8) is 0 Å². The average molecular weight is 525 g/mol. The molecule has 1 aliphatic heterocycles. The number of hydrogen-bond acceptors (Lipinski definition) is 6. The van der Waals surface area contributed by atoms with Crippen LogP contribution < -0.4 is 19.6 Å². The zero-order valence-electron chi connectivity index (χ0n) is 21.7. The topological polar surface area (TPSA) is 69.9 Å². The smallest absolute Gasteiger partial charge is 0.338 e. The van der Waals surface area contributed by atoms with Crippen molar-refractivity contribution < 1.29 is 14.3 Å². The van der Waals surface area contributed by atoms with Gasteiger partial charge in [0.05, 0.1) is 29.0 Å². The number of para-hydroxylation sites is 1. The number of carbonyl (C=O) groups excluding carboxylic acids is 1. The second-order valence-electron chi connectivity index (χ2n) is 9.38. The van der Waals surface area contributed by atoms with Crippen LogP contribution in [0, 0.1) is 0 Å². The molecule has 0 saturated carbocycles. The molecule has 1 aromatic heterocycles. The zero-order valence-corrected chi connectivity index (χ0v) is 22.5. The van der Waals surface area contributed by atoms with Crippen molar-refractivity contribution in [1.29, 1.82) is 0 Å². The minimum Gasteiger partial charge on any atom is -0.466 e. The van der Waals surface area contributed by atoms with Gasteiger partial charge in [0.15, 0.2) is 4.80 Å². The molecule has 0 amide bonds. The molecular weight excluding hydrogens is 496 g/mol. The fourth-order valence-corrected chi connectivity index (χ4v) is 5.56. The quantitative estimate of drug-likeness (QED) is 0.320. The van der Waals surface area contributed by atoms with E-state index in [1.54, 1.807) is 11.5 Å². The van der Waals surface area contributed by atoms with Gasteiger partial charge in [-0.1, -0.05) is 79.8 Å². The van der Waals surface area contributed by atoms with Crippen LogP contribution >= 0.6 is 11.3 Å². The molecule has 38 heavy (non-hydrogen) atoms. The molecular formula is C31H28N2O4S. The third kappa shape index (κ3) is 4.97. The van der Waals surface area contributed by atoms with Gasteiger partial charge in [-0.05, 0) is 59.9 Å². The Morgan fingerprint density at radius 2 is 1.71 bits per heavy atom. The lowest BCUT2D eigenvalue weighted by atomic mass is 9.93. The number of aromatic nitrogens is 1. The summed E-state index contributed by atoms with van der Waals surface area (Å²) in [6, 6.07) is 24.5. The highest BCUT2D eigenvalue weighted by atomic mass is 32.1. The average Bonchev–Trinajstić information content (AvgIpc) is 3.22. The number of methoxy groups -OCH3 is 1. The Hall–Kier alpha value is -4.23. The molecule has 1 aliphatic rings. The lowest BCUT2D eigenvalue weighted by Gasteiger charge is -2.24. The molecule has 6 nitrogen and oxygen atoms in total. The van der Waals surface area contributed by atoms with Gasteiger partial charge >= 0.3 is 5.97 Å². The number of carbonyl (C=O) groups is 1. The summed E-state index contributed by atoms with van der Waals surface area (Å²) < 4.78 is 13.2. The fraction of sp³-hybridized carbons (Fsp3) is 0.194. The van der Waals surface area contributed by atoms with Gasteiger partial charge in [0.1, 0.15) is 11.5 Å². The number of rotatable bonds is 6. The minimum atomic E-state index is -0.630. The van der Waals surface area contributed by atoms with Gasteiger partial charge < -0.3 is 9.47 Å². The molecule has 0 bridgehead atoms. The van der Waals surface area contributed by atoms with Crippen LogP contribution in [-0.2, 0) is 9.53 Å². The highest BCUT2D eigenvalue weighted by Crippen LogP contribution is 2.31. The van der Waals surface area contributed by atoms with Crippen molar-refractivity contribution in [3.05, 3.63) is 127 Å². The fourth-order valence-electron chi connectivity index (χ4n) is 4.52. The number of hydrogen-bond donors (Lipinski definition) is 0. The van der Waals surface area contributed by atoms with E-state index >= 15 is 0 Å². The van der Waals surface area contributed by atoms with Crippen LogP contribution in [0.4, 0.5) is 0 Å². The Kier molecular flexibility index (Phi) is 7.11. The van der Waals surface area contributed by atoms with E-state index in [2.05, 4.69) is 18.8 Å². The van der Waals surface area contributed by atoms with E-state index in [-0.39, 0.29) is 5.56 Å². The Labute approximate surface area is 224 Å².